The standard InChI is InChI=1S/C18H18N4O3S/c1-12(17(23)13-9-10-15(24-2)16(11-13)25-3)26-18-19-20-21-22(18)14-7-5-4-6-8-14/h4-12H,1-3H3/t12-/m1/s1. The topological polar surface area (TPSA) is 79.1 Å². The molecule has 0 amide bonds. The summed E-state index contributed by atoms with van der Waals surface area (Å²) in [5.74, 6) is 1.06. The first-order chi connectivity index (χ1) is 12.6. The van der Waals surface area contributed by atoms with Gasteiger partial charge in [-0.15, -0.1) is 5.10 Å². The van der Waals surface area contributed by atoms with Crippen LogP contribution in [0.5, 0.6) is 11.5 Å². The number of rotatable bonds is 7. The summed E-state index contributed by atoms with van der Waals surface area (Å²) in [7, 11) is 3.10. The summed E-state index contributed by atoms with van der Waals surface area (Å²) < 4.78 is 12.1. The van der Waals surface area contributed by atoms with E-state index in [0.29, 0.717) is 22.2 Å². The van der Waals surface area contributed by atoms with Gasteiger partial charge in [-0.25, -0.2) is 0 Å². The minimum Gasteiger partial charge on any atom is -0.493 e. The van der Waals surface area contributed by atoms with Crippen molar-refractivity contribution in [2.24, 2.45) is 0 Å². The van der Waals surface area contributed by atoms with Gasteiger partial charge in [0.25, 0.3) is 0 Å². The van der Waals surface area contributed by atoms with Crippen LogP contribution in [0.4, 0.5) is 0 Å². The maximum Gasteiger partial charge on any atom is 0.214 e. The zero-order valence-corrected chi connectivity index (χ0v) is 15.4. The Morgan fingerprint density at radius 2 is 1.81 bits per heavy atom. The van der Waals surface area contributed by atoms with Crippen LogP contribution in [0.15, 0.2) is 53.7 Å². The molecule has 0 N–H and O–H groups in total. The van der Waals surface area contributed by atoms with Crippen molar-refractivity contribution >= 4 is 17.5 Å². The number of carbonyl (C=O) groups is 1. The molecule has 0 spiro atoms. The summed E-state index contributed by atoms with van der Waals surface area (Å²) in [6.45, 7) is 1.83. The van der Waals surface area contributed by atoms with E-state index in [0.717, 1.165) is 5.69 Å². The molecule has 0 radical (unpaired) electrons. The number of thioether (sulfide) groups is 1. The van der Waals surface area contributed by atoms with Crippen LogP contribution in [0, 0.1) is 0 Å². The fourth-order valence-electron chi connectivity index (χ4n) is 2.42. The molecule has 0 saturated carbocycles. The van der Waals surface area contributed by atoms with Gasteiger partial charge in [0, 0.05) is 5.56 Å². The van der Waals surface area contributed by atoms with Crippen LogP contribution < -0.4 is 9.47 Å². The maximum absolute atomic E-state index is 12.8. The number of para-hydroxylation sites is 1. The molecule has 1 heterocycles. The third kappa shape index (κ3) is 3.70. The number of nitrogens with zero attached hydrogens (tertiary/aromatic N) is 4. The second-order valence-corrected chi connectivity index (χ2v) is 6.71. The number of tetrazole rings is 1. The Labute approximate surface area is 155 Å². The van der Waals surface area contributed by atoms with Crippen LogP contribution >= 0.6 is 11.8 Å². The van der Waals surface area contributed by atoms with E-state index in [-0.39, 0.29) is 11.0 Å². The van der Waals surface area contributed by atoms with Crippen molar-refractivity contribution in [1.29, 1.82) is 0 Å². The van der Waals surface area contributed by atoms with Crippen LogP contribution in [-0.2, 0) is 0 Å². The summed E-state index contributed by atoms with van der Waals surface area (Å²) >= 11 is 1.30. The number of Topliss-reactive ketones (excluding diaryl/α,β-unsaturated/α-hetero) is 1. The smallest absolute Gasteiger partial charge is 0.214 e. The Balaban J connectivity index is 1.80. The van der Waals surface area contributed by atoms with Gasteiger partial charge in [0.2, 0.25) is 5.16 Å². The molecular weight excluding hydrogens is 352 g/mol. The molecule has 3 rings (SSSR count). The molecule has 134 valence electrons. The predicted molar refractivity (Wildman–Crippen MR) is 98.3 cm³/mol. The first kappa shape index (κ1) is 17.9. The van der Waals surface area contributed by atoms with Crippen molar-refractivity contribution < 1.29 is 14.3 Å². The van der Waals surface area contributed by atoms with E-state index < -0.39 is 0 Å². The molecule has 0 aliphatic carbocycles. The van der Waals surface area contributed by atoms with E-state index >= 15 is 0 Å². The molecule has 0 aliphatic heterocycles. The van der Waals surface area contributed by atoms with Crippen LogP contribution in [0.1, 0.15) is 17.3 Å². The Morgan fingerprint density at radius 1 is 1.08 bits per heavy atom. The number of hydrogen-bond acceptors (Lipinski definition) is 7. The van der Waals surface area contributed by atoms with Gasteiger partial charge >= 0.3 is 0 Å². The first-order valence-electron chi connectivity index (χ1n) is 7.90. The molecule has 0 aliphatic rings. The number of hydrogen-bond donors (Lipinski definition) is 0. The number of carbonyl (C=O) groups excluding carboxylic acids is 1. The first-order valence-corrected chi connectivity index (χ1v) is 8.78. The highest BCUT2D eigenvalue weighted by Gasteiger charge is 2.21. The molecule has 0 saturated heterocycles. The van der Waals surface area contributed by atoms with Gasteiger partial charge in [-0.3, -0.25) is 4.79 Å². The molecule has 0 unspecified atom stereocenters. The van der Waals surface area contributed by atoms with Crippen LogP contribution in [0.25, 0.3) is 5.69 Å². The second kappa shape index (κ2) is 8.01. The number of aromatic nitrogens is 4. The minimum atomic E-state index is -0.374. The van der Waals surface area contributed by atoms with E-state index in [1.165, 1.54) is 18.9 Å². The molecule has 2 aromatic carbocycles. The SMILES string of the molecule is COc1ccc(C(=O)[C@@H](C)Sc2nnnn2-c2ccccc2)cc1OC. The molecule has 0 fully saturated rings. The molecule has 0 bridgehead atoms. The molecule has 3 aromatic rings. The van der Waals surface area contributed by atoms with Crippen molar-refractivity contribution in [1.82, 2.24) is 20.2 Å². The Bertz CT molecular complexity index is 898. The predicted octanol–water partition coefficient (Wildman–Crippen LogP) is 3.04. The van der Waals surface area contributed by atoms with Gasteiger partial charge in [0.1, 0.15) is 0 Å². The second-order valence-electron chi connectivity index (χ2n) is 5.40. The quantitative estimate of drug-likeness (QED) is 0.467. The van der Waals surface area contributed by atoms with Gasteiger partial charge in [-0.1, -0.05) is 30.0 Å². The number of methoxy groups -OCH3 is 2. The largest absolute Gasteiger partial charge is 0.493 e. The Hall–Kier alpha value is -2.87. The monoisotopic (exact) mass is 370 g/mol. The average molecular weight is 370 g/mol. The molecule has 8 heteroatoms. The normalized spacial score (nSPS) is 11.8. The summed E-state index contributed by atoms with van der Waals surface area (Å²) in [5.41, 5.74) is 1.38. The zero-order valence-electron chi connectivity index (χ0n) is 14.6. The Kier molecular flexibility index (Phi) is 5.52. The van der Waals surface area contributed by atoms with Crippen molar-refractivity contribution in [3.8, 4) is 17.2 Å². The lowest BCUT2D eigenvalue weighted by Gasteiger charge is -2.12. The van der Waals surface area contributed by atoms with E-state index in [1.807, 2.05) is 37.3 Å². The highest BCUT2D eigenvalue weighted by Crippen LogP contribution is 2.30. The third-order valence-electron chi connectivity index (χ3n) is 3.76. The summed E-state index contributed by atoms with van der Waals surface area (Å²) in [5, 5.41) is 12.0. The molecule has 1 aromatic heterocycles. The Morgan fingerprint density at radius 3 is 2.50 bits per heavy atom. The molecule has 7 nitrogen and oxygen atoms in total. The third-order valence-corrected chi connectivity index (χ3v) is 4.79. The maximum atomic E-state index is 12.8. The van der Waals surface area contributed by atoms with Crippen molar-refractivity contribution in [2.75, 3.05) is 14.2 Å². The van der Waals surface area contributed by atoms with Crippen LogP contribution in [0.3, 0.4) is 0 Å². The van der Waals surface area contributed by atoms with Gasteiger partial charge in [0.15, 0.2) is 17.3 Å². The van der Waals surface area contributed by atoms with Gasteiger partial charge in [-0.2, -0.15) is 4.68 Å². The van der Waals surface area contributed by atoms with Gasteiger partial charge in [-0.05, 0) is 47.7 Å². The van der Waals surface area contributed by atoms with E-state index in [1.54, 1.807) is 30.0 Å². The van der Waals surface area contributed by atoms with Crippen molar-refractivity contribution in [2.45, 2.75) is 17.3 Å². The fraction of sp³-hybridized carbons (Fsp3) is 0.222. The zero-order chi connectivity index (χ0) is 18.5. The van der Waals surface area contributed by atoms with Crippen molar-refractivity contribution in [3.05, 3.63) is 54.1 Å². The van der Waals surface area contributed by atoms with E-state index in [9.17, 15) is 4.79 Å². The summed E-state index contributed by atoms with van der Waals surface area (Å²) in [6, 6.07) is 14.7. The minimum absolute atomic E-state index is 0.0430. The molecular formula is C18H18N4O3S. The summed E-state index contributed by atoms with van der Waals surface area (Å²) in [4.78, 5) is 12.8. The van der Waals surface area contributed by atoms with Crippen LogP contribution in [-0.4, -0.2) is 45.5 Å². The van der Waals surface area contributed by atoms with Gasteiger partial charge < -0.3 is 9.47 Å². The highest BCUT2D eigenvalue weighted by molar-refractivity contribution is 8.00. The number of ether oxygens (including phenoxy) is 2. The number of benzene rings is 2. The highest BCUT2D eigenvalue weighted by atomic mass is 32.2. The average Bonchev–Trinajstić information content (AvgIpc) is 3.15. The van der Waals surface area contributed by atoms with Crippen molar-refractivity contribution in [3.63, 3.8) is 0 Å². The summed E-state index contributed by atoms with van der Waals surface area (Å²) in [6.07, 6.45) is 0. The fourth-order valence-corrected chi connectivity index (χ4v) is 3.30. The van der Waals surface area contributed by atoms with E-state index in [4.69, 9.17) is 9.47 Å². The van der Waals surface area contributed by atoms with E-state index in [2.05, 4.69) is 15.5 Å². The van der Waals surface area contributed by atoms with Gasteiger partial charge in [0.05, 0.1) is 25.2 Å². The molecule has 1 atom stereocenters. The number of ketones is 1. The lowest BCUT2D eigenvalue weighted by molar-refractivity contribution is 0.0993. The van der Waals surface area contributed by atoms with Crippen LogP contribution in [0.2, 0.25) is 0 Å². The lowest BCUT2D eigenvalue weighted by Crippen LogP contribution is -2.15. The molecule has 26 heavy (non-hydrogen) atoms. The lowest BCUT2D eigenvalue weighted by atomic mass is 10.1.